The van der Waals surface area contributed by atoms with E-state index >= 15 is 0 Å². The van der Waals surface area contributed by atoms with Crippen molar-refractivity contribution in [3.63, 3.8) is 0 Å². The summed E-state index contributed by atoms with van der Waals surface area (Å²) in [5.41, 5.74) is 7.51. The molecule has 1 unspecified atom stereocenters. The highest BCUT2D eigenvalue weighted by Gasteiger charge is 2.24. The molecule has 1 aliphatic rings. The molecule has 7 heteroatoms. The summed E-state index contributed by atoms with van der Waals surface area (Å²) in [6, 6.07) is 0. The Labute approximate surface area is 119 Å². The minimum absolute atomic E-state index is 0.130. The van der Waals surface area contributed by atoms with Crippen molar-refractivity contribution in [2.45, 2.75) is 25.6 Å². The monoisotopic (exact) mass is 297 g/mol. The number of thiazole rings is 2. The smallest absolute Gasteiger partial charge is 0.180 e. The van der Waals surface area contributed by atoms with Gasteiger partial charge in [0.25, 0.3) is 0 Å². The first-order valence-electron chi connectivity index (χ1n) is 6.09. The van der Waals surface area contributed by atoms with Gasteiger partial charge in [0.2, 0.25) is 0 Å². The fourth-order valence-electron chi connectivity index (χ4n) is 2.11. The van der Waals surface area contributed by atoms with Crippen LogP contribution in [0.3, 0.4) is 0 Å². The number of nitrogens with two attached hydrogens (primary N) is 1. The van der Waals surface area contributed by atoms with E-state index in [2.05, 4.69) is 9.97 Å². The topological polar surface area (TPSA) is 70.3 Å². The van der Waals surface area contributed by atoms with Gasteiger partial charge >= 0.3 is 0 Å². The summed E-state index contributed by atoms with van der Waals surface area (Å²) in [6.07, 6.45) is 2.27. The molecule has 1 fully saturated rings. The lowest BCUT2D eigenvalue weighted by atomic mass is 10.2. The van der Waals surface area contributed by atoms with E-state index in [1.54, 1.807) is 18.4 Å². The molecule has 0 radical (unpaired) electrons. The van der Waals surface area contributed by atoms with Crippen LogP contribution >= 0.6 is 22.7 Å². The summed E-state index contributed by atoms with van der Waals surface area (Å²) in [6.45, 7) is 1.30. The van der Waals surface area contributed by atoms with Gasteiger partial charge in [0.05, 0.1) is 22.9 Å². The number of ether oxygens (including phenoxy) is 2. The lowest BCUT2D eigenvalue weighted by Gasteiger charge is -2.03. The van der Waals surface area contributed by atoms with E-state index in [1.165, 1.54) is 11.3 Å². The van der Waals surface area contributed by atoms with Crippen molar-refractivity contribution in [1.29, 1.82) is 0 Å². The summed E-state index contributed by atoms with van der Waals surface area (Å²) >= 11 is 3.08. The molecule has 1 saturated heterocycles. The zero-order valence-electron chi connectivity index (χ0n) is 10.6. The van der Waals surface area contributed by atoms with Crippen molar-refractivity contribution in [2.75, 3.05) is 19.5 Å². The van der Waals surface area contributed by atoms with Crippen LogP contribution in [0.2, 0.25) is 0 Å². The van der Waals surface area contributed by atoms with Crippen LogP contribution in [0.15, 0.2) is 5.38 Å². The third-order valence-corrected chi connectivity index (χ3v) is 4.84. The molecule has 0 amide bonds. The van der Waals surface area contributed by atoms with Crippen LogP contribution < -0.4 is 5.73 Å². The van der Waals surface area contributed by atoms with Gasteiger partial charge in [-0.15, -0.1) is 22.7 Å². The Morgan fingerprint density at radius 3 is 3.05 bits per heavy atom. The summed E-state index contributed by atoms with van der Waals surface area (Å²) in [7, 11) is 1.67. The highest BCUT2D eigenvalue weighted by Crippen LogP contribution is 2.38. The maximum atomic E-state index is 5.70. The van der Waals surface area contributed by atoms with Crippen molar-refractivity contribution in [3.8, 4) is 10.6 Å². The Balaban J connectivity index is 1.96. The number of hydrogen-bond acceptors (Lipinski definition) is 7. The molecule has 5 nitrogen and oxygen atoms in total. The van der Waals surface area contributed by atoms with Crippen LogP contribution in [0.25, 0.3) is 10.6 Å². The van der Waals surface area contributed by atoms with Crippen molar-refractivity contribution in [1.82, 2.24) is 9.97 Å². The molecular weight excluding hydrogens is 282 g/mol. The lowest BCUT2D eigenvalue weighted by Crippen LogP contribution is -1.96. The molecule has 2 N–H and O–H groups in total. The van der Waals surface area contributed by atoms with E-state index in [0.29, 0.717) is 11.7 Å². The second kappa shape index (κ2) is 5.54. The predicted octanol–water partition coefficient (Wildman–Crippen LogP) is 2.85. The van der Waals surface area contributed by atoms with Gasteiger partial charge in [0.1, 0.15) is 11.1 Å². The van der Waals surface area contributed by atoms with Gasteiger partial charge in [-0.1, -0.05) is 0 Å². The molecule has 0 saturated carbocycles. The number of rotatable bonds is 4. The second-order valence-electron chi connectivity index (χ2n) is 4.33. The van der Waals surface area contributed by atoms with Gasteiger partial charge in [-0.3, -0.25) is 0 Å². The Morgan fingerprint density at radius 2 is 2.42 bits per heavy atom. The molecule has 1 aliphatic heterocycles. The third-order valence-electron chi connectivity index (χ3n) is 2.95. The molecule has 102 valence electrons. The molecule has 0 aromatic carbocycles. The number of methoxy groups -OCH3 is 1. The second-order valence-corrected chi connectivity index (χ2v) is 6.25. The minimum Gasteiger partial charge on any atom is -0.378 e. The quantitative estimate of drug-likeness (QED) is 0.939. The van der Waals surface area contributed by atoms with Gasteiger partial charge < -0.3 is 15.2 Å². The van der Waals surface area contributed by atoms with Gasteiger partial charge in [-0.25, -0.2) is 9.97 Å². The van der Waals surface area contributed by atoms with Crippen LogP contribution in [0.4, 0.5) is 5.13 Å². The molecule has 2 aromatic rings. The summed E-state index contributed by atoms with van der Waals surface area (Å²) in [5.74, 6) is 0. The van der Waals surface area contributed by atoms with Crippen molar-refractivity contribution < 1.29 is 9.47 Å². The first-order valence-corrected chi connectivity index (χ1v) is 7.79. The van der Waals surface area contributed by atoms with E-state index in [4.69, 9.17) is 15.2 Å². The standard InChI is InChI=1S/C12H15N3O2S2/c1-16-5-7-10(8-6-18-12(13)15-8)19-11(14-7)9-3-2-4-17-9/h6,9H,2-5H2,1H3,(H2,13,15). The maximum absolute atomic E-state index is 5.70. The van der Waals surface area contributed by atoms with Gasteiger partial charge in [0.15, 0.2) is 5.13 Å². The fourth-order valence-corrected chi connectivity index (χ4v) is 3.85. The van der Waals surface area contributed by atoms with Crippen LogP contribution in [0, 0.1) is 0 Å². The first-order chi connectivity index (χ1) is 9.28. The Kier molecular flexibility index (Phi) is 3.79. The summed E-state index contributed by atoms with van der Waals surface area (Å²) < 4.78 is 10.9. The minimum atomic E-state index is 0.130. The number of nitrogens with zero attached hydrogens (tertiary/aromatic N) is 2. The molecular formula is C12H15N3O2S2. The maximum Gasteiger partial charge on any atom is 0.180 e. The first kappa shape index (κ1) is 13.0. The van der Waals surface area contributed by atoms with E-state index in [-0.39, 0.29) is 6.10 Å². The third kappa shape index (κ3) is 2.64. The number of nitrogen functional groups attached to an aromatic ring is 1. The zero-order chi connectivity index (χ0) is 13.2. The SMILES string of the molecule is COCc1nc(C2CCCO2)sc1-c1csc(N)n1. The van der Waals surface area contributed by atoms with Crippen LogP contribution in [0.5, 0.6) is 0 Å². The summed E-state index contributed by atoms with van der Waals surface area (Å²) in [4.78, 5) is 10.0. The van der Waals surface area contributed by atoms with Crippen molar-refractivity contribution in [3.05, 3.63) is 16.1 Å². The van der Waals surface area contributed by atoms with E-state index in [0.717, 1.165) is 40.7 Å². The molecule has 1 atom stereocenters. The largest absolute Gasteiger partial charge is 0.378 e. The average molecular weight is 297 g/mol. The zero-order valence-corrected chi connectivity index (χ0v) is 12.2. The average Bonchev–Trinajstić information content (AvgIpc) is 3.08. The van der Waals surface area contributed by atoms with Crippen LogP contribution in [0.1, 0.15) is 29.6 Å². The number of hydrogen-bond donors (Lipinski definition) is 1. The van der Waals surface area contributed by atoms with Gasteiger partial charge in [-0.05, 0) is 12.8 Å². The van der Waals surface area contributed by atoms with E-state index in [9.17, 15) is 0 Å². The normalized spacial score (nSPS) is 19.1. The highest BCUT2D eigenvalue weighted by molar-refractivity contribution is 7.16. The van der Waals surface area contributed by atoms with Crippen molar-refractivity contribution in [2.24, 2.45) is 0 Å². The molecule has 0 aliphatic carbocycles. The predicted molar refractivity (Wildman–Crippen MR) is 76.3 cm³/mol. The van der Waals surface area contributed by atoms with Crippen LogP contribution in [-0.2, 0) is 16.1 Å². The fraction of sp³-hybridized carbons (Fsp3) is 0.500. The molecule has 0 bridgehead atoms. The van der Waals surface area contributed by atoms with Gasteiger partial charge in [-0.2, -0.15) is 0 Å². The Bertz CT molecular complexity index is 561. The van der Waals surface area contributed by atoms with Gasteiger partial charge in [0, 0.05) is 19.1 Å². The molecule has 0 spiro atoms. The number of anilines is 1. The van der Waals surface area contributed by atoms with Crippen molar-refractivity contribution >= 4 is 27.8 Å². The van der Waals surface area contributed by atoms with E-state index in [1.807, 2.05) is 5.38 Å². The molecule has 3 heterocycles. The summed E-state index contributed by atoms with van der Waals surface area (Å²) in [5, 5.41) is 3.55. The molecule has 19 heavy (non-hydrogen) atoms. The lowest BCUT2D eigenvalue weighted by molar-refractivity contribution is 0.111. The Hall–Kier alpha value is -1.02. The number of aromatic nitrogens is 2. The highest BCUT2D eigenvalue weighted by atomic mass is 32.1. The van der Waals surface area contributed by atoms with E-state index < -0.39 is 0 Å². The van der Waals surface area contributed by atoms with Crippen LogP contribution in [-0.4, -0.2) is 23.7 Å². The molecule has 2 aromatic heterocycles. The Morgan fingerprint density at radius 1 is 1.53 bits per heavy atom. The molecule has 3 rings (SSSR count).